The summed E-state index contributed by atoms with van der Waals surface area (Å²) >= 11 is 0. The average Bonchev–Trinajstić information content (AvgIpc) is 3.21. The molecule has 0 spiro atoms. The van der Waals surface area contributed by atoms with Gasteiger partial charge in [0.15, 0.2) is 0 Å². The number of hydrogen-bond acceptors (Lipinski definition) is 6. The molecule has 0 bridgehead atoms. The number of nitrogens with zero attached hydrogens (tertiary/aromatic N) is 3. The Bertz CT molecular complexity index is 733. The fourth-order valence-electron chi connectivity index (χ4n) is 3.69. The van der Waals surface area contributed by atoms with Crippen molar-refractivity contribution >= 4 is 11.6 Å². The minimum absolute atomic E-state index is 0.0823. The van der Waals surface area contributed by atoms with Crippen LogP contribution in [0.2, 0.25) is 0 Å². The number of rotatable bonds is 4. The average molecular weight is 342 g/mol. The maximum Gasteiger partial charge on any atom is 0.253 e. The van der Waals surface area contributed by atoms with Gasteiger partial charge in [-0.25, -0.2) is 0 Å². The Hall–Kier alpha value is -2.25. The molecule has 0 aliphatic carbocycles. The Morgan fingerprint density at radius 1 is 1.48 bits per heavy atom. The maximum atomic E-state index is 12.4. The van der Waals surface area contributed by atoms with Gasteiger partial charge in [0, 0.05) is 25.4 Å². The van der Waals surface area contributed by atoms with E-state index >= 15 is 0 Å². The lowest BCUT2D eigenvalue weighted by atomic mass is 9.91. The molecule has 3 atom stereocenters. The Kier molecular flexibility index (Phi) is 4.50. The first kappa shape index (κ1) is 16.2. The molecule has 0 radical (unpaired) electrons. The minimum atomic E-state index is -0.385. The fourth-order valence-corrected chi connectivity index (χ4v) is 3.69. The molecule has 4 rings (SSSR count). The van der Waals surface area contributed by atoms with Crippen LogP contribution < -0.4 is 5.32 Å². The van der Waals surface area contributed by atoms with E-state index in [9.17, 15) is 4.79 Å². The Labute approximate surface area is 146 Å². The summed E-state index contributed by atoms with van der Waals surface area (Å²) < 4.78 is 11.2. The Morgan fingerprint density at radius 3 is 3.16 bits per heavy atom. The number of nitrogens with one attached hydrogen (secondary N) is 1. The first-order valence-corrected chi connectivity index (χ1v) is 8.68. The van der Waals surface area contributed by atoms with Crippen LogP contribution in [0, 0.1) is 12.8 Å². The number of aromatic nitrogens is 2. The van der Waals surface area contributed by atoms with Crippen LogP contribution >= 0.6 is 0 Å². The van der Waals surface area contributed by atoms with Crippen molar-refractivity contribution in [1.82, 2.24) is 15.0 Å². The van der Waals surface area contributed by atoms with Crippen molar-refractivity contribution < 1.29 is 14.1 Å². The van der Waals surface area contributed by atoms with Crippen LogP contribution in [0.3, 0.4) is 0 Å². The van der Waals surface area contributed by atoms with E-state index in [0.29, 0.717) is 11.6 Å². The van der Waals surface area contributed by atoms with Gasteiger partial charge in [-0.3, -0.25) is 14.7 Å². The molecule has 2 aliphatic rings. The molecule has 25 heavy (non-hydrogen) atoms. The quantitative estimate of drug-likeness (QED) is 0.915. The largest absolute Gasteiger partial charge is 0.364 e. The Morgan fingerprint density at radius 2 is 2.40 bits per heavy atom. The maximum absolute atomic E-state index is 12.4. The smallest absolute Gasteiger partial charge is 0.253 e. The normalized spacial score (nSPS) is 26.4. The van der Waals surface area contributed by atoms with Crippen LogP contribution in [0.25, 0.3) is 0 Å². The minimum Gasteiger partial charge on any atom is -0.364 e. The van der Waals surface area contributed by atoms with Crippen LogP contribution in [0.5, 0.6) is 0 Å². The first-order valence-electron chi connectivity index (χ1n) is 8.68. The predicted octanol–water partition coefficient (Wildman–Crippen LogP) is 2.00. The van der Waals surface area contributed by atoms with Crippen molar-refractivity contribution in [1.29, 1.82) is 0 Å². The molecule has 132 valence electrons. The highest BCUT2D eigenvalue weighted by molar-refractivity contribution is 5.94. The van der Waals surface area contributed by atoms with Crippen LogP contribution in [-0.2, 0) is 16.1 Å². The molecular weight excluding hydrogens is 320 g/mol. The summed E-state index contributed by atoms with van der Waals surface area (Å²) in [6, 6.07) is 5.59. The molecule has 0 unspecified atom stereocenters. The van der Waals surface area contributed by atoms with Gasteiger partial charge in [-0.05, 0) is 44.4 Å². The molecular formula is C18H22N4O3. The second-order valence-corrected chi connectivity index (χ2v) is 6.84. The van der Waals surface area contributed by atoms with Gasteiger partial charge in [0.25, 0.3) is 5.91 Å². The lowest BCUT2D eigenvalue weighted by Gasteiger charge is -2.33. The molecule has 2 saturated heterocycles. The molecule has 2 aliphatic heterocycles. The monoisotopic (exact) mass is 342 g/mol. The van der Waals surface area contributed by atoms with Crippen molar-refractivity contribution in [2.75, 3.05) is 18.4 Å². The van der Waals surface area contributed by atoms with Gasteiger partial charge >= 0.3 is 0 Å². The summed E-state index contributed by atoms with van der Waals surface area (Å²) in [6.45, 7) is 4.48. The lowest BCUT2D eigenvalue weighted by Crippen LogP contribution is -2.42. The van der Waals surface area contributed by atoms with Gasteiger partial charge in [0.2, 0.25) is 0 Å². The number of likely N-dealkylation sites (tertiary alicyclic amines) is 1. The molecule has 7 heteroatoms. The number of anilines is 1. The molecule has 4 heterocycles. The van der Waals surface area contributed by atoms with Crippen LogP contribution in [0.1, 0.15) is 24.3 Å². The van der Waals surface area contributed by atoms with Crippen molar-refractivity contribution in [3.8, 4) is 0 Å². The van der Waals surface area contributed by atoms with E-state index in [1.54, 1.807) is 18.5 Å². The molecule has 2 aromatic heterocycles. The van der Waals surface area contributed by atoms with Gasteiger partial charge < -0.3 is 14.6 Å². The third-order valence-corrected chi connectivity index (χ3v) is 4.92. The molecule has 2 aromatic rings. The zero-order valence-corrected chi connectivity index (χ0v) is 14.2. The van der Waals surface area contributed by atoms with E-state index in [-0.39, 0.29) is 18.1 Å². The SMILES string of the molecule is Cc1cc(CN2CC[C@H]3C[C@@H](C(=O)Nc4cccnc4)O[C@@H]3C2)no1. The van der Waals surface area contributed by atoms with E-state index in [4.69, 9.17) is 9.26 Å². The van der Waals surface area contributed by atoms with E-state index < -0.39 is 0 Å². The second-order valence-electron chi connectivity index (χ2n) is 6.84. The number of hydrogen-bond donors (Lipinski definition) is 1. The summed E-state index contributed by atoms with van der Waals surface area (Å²) in [7, 11) is 0. The van der Waals surface area contributed by atoms with Crippen molar-refractivity contribution in [3.63, 3.8) is 0 Å². The summed E-state index contributed by atoms with van der Waals surface area (Å²) in [6.07, 6.45) is 4.87. The standard InChI is InChI=1S/C18H22N4O3/c1-12-7-15(21-25-12)10-22-6-4-13-8-16(24-17(13)11-22)18(23)20-14-3-2-5-19-9-14/h2-3,5,7,9,13,16-17H,4,6,8,10-11H2,1H3,(H,20,23)/t13-,16-,17+/m0/s1. The predicted molar refractivity (Wildman–Crippen MR) is 90.8 cm³/mol. The Balaban J connectivity index is 1.33. The van der Waals surface area contributed by atoms with E-state index in [1.165, 1.54) is 0 Å². The third-order valence-electron chi connectivity index (χ3n) is 4.92. The topological polar surface area (TPSA) is 80.5 Å². The number of amides is 1. The molecule has 1 amide bonds. The fraction of sp³-hybridized carbons (Fsp3) is 0.500. The number of ether oxygens (including phenoxy) is 1. The number of pyridine rings is 1. The van der Waals surface area contributed by atoms with Crippen LogP contribution in [0.15, 0.2) is 35.1 Å². The summed E-state index contributed by atoms with van der Waals surface area (Å²) in [5.41, 5.74) is 1.65. The number of aryl methyl sites for hydroxylation is 1. The van der Waals surface area contributed by atoms with E-state index in [2.05, 4.69) is 20.4 Å². The summed E-state index contributed by atoms with van der Waals surface area (Å²) in [5.74, 6) is 1.19. The van der Waals surface area contributed by atoms with Gasteiger partial charge in [-0.1, -0.05) is 5.16 Å². The third kappa shape index (κ3) is 3.72. The van der Waals surface area contributed by atoms with E-state index in [0.717, 1.165) is 43.9 Å². The van der Waals surface area contributed by atoms with Gasteiger partial charge in [-0.2, -0.15) is 0 Å². The van der Waals surface area contributed by atoms with Gasteiger partial charge in [0.1, 0.15) is 11.9 Å². The highest BCUT2D eigenvalue weighted by Crippen LogP contribution is 2.34. The summed E-state index contributed by atoms with van der Waals surface area (Å²) in [4.78, 5) is 18.8. The van der Waals surface area contributed by atoms with Gasteiger partial charge in [-0.15, -0.1) is 0 Å². The zero-order chi connectivity index (χ0) is 17.2. The van der Waals surface area contributed by atoms with Crippen LogP contribution in [-0.4, -0.2) is 46.2 Å². The number of carbonyl (C=O) groups excluding carboxylic acids is 1. The molecule has 0 saturated carbocycles. The highest BCUT2D eigenvalue weighted by Gasteiger charge is 2.41. The molecule has 0 aromatic carbocycles. The number of piperidine rings is 1. The van der Waals surface area contributed by atoms with Crippen molar-refractivity contribution in [3.05, 3.63) is 42.0 Å². The first-order chi connectivity index (χ1) is 12.2. The highest BCUT2D eigenvalue weighted by atomic mass is 16.5. The molecule has 1 N–H and O–H groups in total. The van der Waals surface area contributed by atoms with Gasteiger partial charge in [0.05, 0.1) is 23.7 Å². The number of fused-ring (bicyclic) bond motifs is 1. The lowest BCUT2D eigenvalue weighted by molar-refractivity contribution is -0.127. The van der Waals surface area contributed by atoms with Crippen molar-refractivity contribution in [2.24, 2.45) is 5.92 Å². The zero-order valence-electron chi connectivity index (χ0n) is 14.2. The van der Waals surface area contributed by atoms with Crippen molar-refractivity contribution in [2.45, 2.75) is 38.5 Å². The molecule has 7 nitrogen and oxygen atoms in total. The van der Waals surface area contributed by atoms with Crippen LogP contribution in [0.4, 0.5) is 5.69 Å². The number of carbonyl (C=O) groups is 1. The summed E-state index contributed by atoms with van der Waals surface area (Å²) in [5, 5.41) is 6.94. The second kappa shape index (κ2) is 6.93. The van der Waals surface area contributed by atoms with E-state index in [1.807, 2.05) is 19.1 Å². The molecule has 2 fully saturated rings.